The van der Waals surface area contributed by atoms with Crippen molar-refractivity contribution in [2.24, 2.45) is 0 Å². The molecule has 0 bridgehead atoms. The van der Waals surface area contributed by atoms with Crippen LogP contribution in [0.3, 0.4) is 0 Å². The zero-order chi connectivity index (χ0) is 12.4. The van der Waals surface area contributed by atoms with E-state index < -0.39 is 0 Å². The number of hydrogen-bond donors (Lipinski definition) is 1. The van der Waals surface area contributed by atoms with Crippen LogP contribution in [0.2, 0.25) is 10.0 Å². The van der Waals surface area contributed by atoms with Gasteiger partial charge < -0.3 is 10.5 Å². The summed E-state index contributed by atoms with van der Waals surface area (Å²) in [6.45, 7) is 2.44. The third-order valence-electron chi connectivity index (χ3n) is 2.11. The van der Waals surface area contributed by atoms with Crippen molar-refractivity contribution in [2.75, 3.05) is 12.3 Å². The zero-order valence-electron chi connectivity index (χ0n) is 9.04. The Labute approximate surface area is 113 Å². The molecular formula is C11H10Cl2N2OS. The highest BCUT2D eigenvalue weighted by Crippen LogP contribution is 2.39. The molecule has 0 fully saturated rings. The minimum Gasteiger partial charge on any atom is -0.492 e. The monoisotopic (exact) mass is 288 g/mol. The first-order valence-corrected chi connectivity index (χ1v) is 6.52. The van der Waals surface area contributed by atoms with Gasteiger partial charge in [0.2, 0.25) is 0 Å². The molecule has 3 nitrogen and oxygen atoms in total. The molecule has 0 aliphatic carbocycles. The third kappa shape index (κ3) is 2.65. The van der Waals surface area contributed by atoms with Crippen molar-refractivity contribution in [3.8, 4) is 16.2 Å². The Kier molecular flexibility index (Phi) is 3.76. The number of nitrogen functional groups attached to an aromatic ring is 1. The number of nitrogens with zero attached hydrogens (tertiary/aromatic N) is 1. The second-order valence-electron chi connectivity index (χ2n) is 3.26. The van der Waals surface area contributed by atoms with Crippen LogP contribution in [0.15, 0.2) is 18.3 Å². The van der Waals surface area contributed by atoms with Gasteiger partial charge in [0, 0.05) is 17.8 Å². The number of aromatic nitrogens is 1. The maximum Gasteiger partial charge on any atom is 0.180 e. The van der Waals surface area contributed by atoms with Gasteiger partial charge in [0.15, 0.2) is 5.13 Å². The molecule has 2 aromatic rings. The Morgan fingerprint density at radius 1 is 1.35 bits per heavy atom. The maximum absolute atomic E-state index is 6.18. The summed E-state index contributed by atoms with van der Waals surface area (Å²) in [5, 5.41) is 1.60. The summed E-state index contributed by atoms with van der Waals surface area (Å²) in [5.41, 5.74) is 6.40. The summed E-state index contributed by atoms with van der Waals surface area (Å²) >= 11 is 13.7. The molecule has 1 aromatic heterocycles. The molecule has 6 heteroatoms. The van der Waals surface area contributed by atoms with Crippen LogP contribution in [0, 0.1) is 0 Å². The fourth-order valence-electron chi connectivity index (χ4n) is 1.40. The Morgan fingerprint density at radius 2 is 2.12 bits per heavy atom. The van der Waals surface area contributed by atoms with Crippen LogP contribution < -0.4 is 10.5 Å². The highest BCUT2D eigenvalue weighted by atomic mass is 35.5. The highest BCUT2D eigenvalue weighted by molar-refractivity contribution is 7.18. The topological polar surface area (TPSA) is 48.1 Å². The molecule has 1 heterocycles. The van der Waals surface area contributed by atoms with E-state index in [4.69, 9.17) is 33.7 Å². The van der Waals surface area contributed by atoms with Gasteiger partial charge in [0.1, 0.15) is 5.75 Å². The Hall–Kier alpha value is -0.970. The van der Waals surface area contributed by atoms with Gasteiger partial charge in [-0.2, -0.15) is 0 Å². The SMILES string of the molecule is CCOc1cc(Cl)c(-c2cnc(N)s2)cc1Cl. The summed E-state index contributed by atoms with van der Waals surface area (Å²) in [7, 11) is 0. The average molecular weight is 289 g/mol. The number of nitrogens with two attached hydrogens (primary N) is 1. The smallest absolute Gasteiger partial charge is 0.180 e. The average Bonchev–Trinajstić information content (AvgIpc) is 2.70. The first-order valence-electron chi connectivity index (χ1n) is 4.95. The van der Waals surface area contributed by atoms with E-state index in [0.717, 1.165) is 10.4 Å². The normalized spacial score (nSPS) is 10.5. The van der Waals surface area contributed by atoms with Gasteiger partial charge in [0.25, 0.3) is 0 Å². The first kappa shape index (κ1) is 12.5. The predicted octanol–water partition coefficient (Wildman–Crippen LogP) is 4.10. The van der Waals surface area contributed by atoms with E-state index in [1.54, 1.807) is 18.3 Å². The van der Waals surface area contributed by atoms with Gasteiger partial charge in [-0.1, -0.05) is 34.5 Å². The van der Waals surface area contributed by atoms with Gasteiger partial charge in [0.05, 0.1) is 21.5 Å². The number of benzene rings is 1. The van der Waals surface area contributed by atoms with Crippen molar-refractivity contribution < 1.29 is 4.74 Å². The molecule has 0 aliphatic rings. The molecule has 0 spiro atoms. The van der Waals surface area contributed by atoms with Crippen LogP contribution in [0.4, 0.5) is 5.13 Å². The highest BCUT2D eigenvalue weighted by Gasteiger charge is 2.12. The predicted molar refractivity (Wildman–Crippen MR) is 73.2 cm³/mol. The lowest BCUT2D eigenvalue weighted by Crippen LogP contribution is -1.92. The maximum atomic E-state index is 6.18. The summed E-state index contributed by atoms with van der Waals surface area (Å²) in [6.07, 6.45) is 1.68. The van der Waals surface area contributed by atoms with Crippen LogP contribution in [-0.2, 0) is 0 Å². The van der Waals surface area contributed by atoms with E-state index in [2.05, 4.69) is 4.98 Å². The lowest BCUT2D eigenvalue weighted by Gasteiger charge is -2.08. The Morgan fingerprint density at radius 3 is 2.71 bits per heavy atom. The first-order chi connectivity index (χ1) is 8.11. The van der Waals surface area contributed by atoms with Crippen molar-refractivity contribution >= 4 is 39.7 Å². The van der Waals surface area contributed by atoms with Crippen LogP contribution in [0.1, 0.15) is 6.92 Å². The Balaban J connectivity index is 2.46. The second-order valence-corrected chi connectivity index (χ2v) is 5.13. The van der Waals surface area contributed by atoms with E-state index in [1.807, 2.05) is 6.92 Å². The summed E-state index contributed by atoms with van der Waals surface area (Å²) in [4.78, 5) is 4.87. The minimum absolute atomic E-state index is 0.501. The molecular weight excluding hydrogens is 279 g/mol. The van der Waals surface area contributed by atoms with E-state index >= 15 is 0 Å². The number of thiazole rings is 1. The molecule has 0 amide bonds. The van der Waals surface area contributed by atoms with E-state index in [-0.39, 0.29) is 0 Å². The number of rotatable bonds is 3. The summed E-state index contributed by atoms with van der Waals surface area (Å²) in [6, 6.07) is 3.47. The lowest BCUT2D eigenvalue weighted by atomic mass is 10.2. The molecule has 2 rings (SSSR count). The molecule has 0 saturated carbocycles. The number of halogens is 2. The van der Waals surface area contributed by atoms with Crippen LogP contribution >= 0.6 is 34.5 Å². The quantitative estimate of drug-likeness (QED) is 0.925. The van der Waals surface area contributed by atoms with Crippen molar-refractivity contribution in [2.45, 2.75) is 6.92 Å². The van der Waals surface area contributed by atoms with Gasteiger partial charge in [-0.15, -0.1) is 0 Å². The molecule has 0 unspecified atom stereocenters. The number of ether oxygens (including phenoxy) is 1. The van der Waals surface area contributed by atoms with Crippen molar-refractivity contribution in [3.63, 3.8) is 0 Å². The molecule has 0 saturated heterocycles. The van der Waals surface area contributed by atoms with Crippen LogP contribution in [0.5, 0.6) is 5.75 Å². The largest absolute Gasteiger partial charge is 0.492 e. The molecule has 0 atom stereocenters. The standard InChI is InChI=1S/C11H10Cl2N2OS/c1-2-16-9-4-7(12)6(3-8(9)13)10-5-15-11(14)17-10/h3-5H,2H2,1H3,(H2,14,15). The van der Waals surface area contributed by atoms with Crippen LogP contribution in [-0.4, -0.2) is 11.6 Å². The molecule has 17 heavy (non-hydrogen) atoms. The van der Waals surface area contributed by atoms with E-state index in [9.17, 15) is 0 Å². The van der Waals surface area contributed by atoms with E-state index in [1.165, 1.54) is 11.3 Å². The number of anilines is 1. The van der Waals surface area contributed by atoms with Crippen molar-refractivity contribution in [3.05, 3.63) is 28.4 Å². The summed E-state index contributed by atoms with van der Waals surface area (Å²) < 4.78 is 5.36. The lowest BCUT2D eigenvalue weighted by molar-refractivity contribution is 0.340. The van der Waals surface area contributed by atoms with Gasteiger partial charge in [-0.25, -0.2) is 4.98 Å². The van der Waals surface area contributed by atoms with Crippen molar-refractivity contribution in [1.82, 2.24) is 4.98 Å². The molecule has 90 valence electrons. The second kappa shape index (κ2) is 5.12. The van der Waals surface area contributed by atoms with Crippen molar-refractivity contribution in [1.29, 1.82) is 0 Å². The zero-order valence-corrected chi connectivity index (χ0v) is 11.4. The van der Waals surface area contributed by atoms with E-state index in [0.29, 0.717) is 27.5 Å². The fourth-order valence-corrected chi connectivity index (χ4v) is 2.64. The molecule has 0 aliphatic heterocycles. The van der Waals surface area contributed by atoms with Gasteiger partial charge >= 0.3 is 0 Å². The number of hydrogen-bond acceptors (Lipinski definition) is 4. The Bertz CT molecular complexity index is 542. The van der Waals surface area contributed by atoms with Gasteiger partial charge in [-0.05, 0) is 13.0 Å². The van der Waals surface area contributed by atoms with Crippen LogP contribution in [0.25, 0.3) is 10.4 Å². The molecule has 2 N–H and O–H groups in total. The van der Waals surface area contributed by atoms with Gasteiger partial charge in [-0.3, -0.25) is 0 Å². The molecule has 1 aromatic carbocycles. The minimum atomic E-state index is 0.501. The third-order valence-corrected chi connectivity index (χ3v) is 3.58. The molecule has 0 radical (unpaired) electrons. The summed E-state index contributed by atoms with van der Waals surface area (Å²) in [5.74, 6) is 0.584. The fraction of sp³-hybridized carbons (Fsp3) is 0.182.